The lowest BCUT2D eigenvalue weighted by Crippen LogP contribution is -2.18. The van der Waals surface area contributed by atoms with Crippen LogP contribution in [0.15, 0.2) is 150 Å². The fourth-order valence-corrected chi connectivity index (χ4v) is 5.67. The third kappa shape index (κ3) is 6.81. The Kier molecular flexibility index (Phi) is 9.02. The second-order valence-corrected chi connectivity index (χ2v) is 11.5. The van der Waals surface area contributed by atoms with Gasteiger partial charge in [0.25, 0.3) is 0 Å². The predicted octanol–water partition coefficient (Wildman–Crippen LogP) is 10.6. The third-order valence-electron chi connectivity index (χ3n) is 7.62. The number of halogens is 1. The first kappa shape index (κ1) is 29.5. The molecule has 0 N–H and O–H groups in total. The first-order valence-corrected chi connectivity index (χ1v) is 15.4. The normalized spacial score (nSPS) is 11.6. The van der Waals surface area contributed by atoms with Crippen LogP contribution in [0.25, 0.3) is 0 Å². The zero-order valence-electron chi connectivity index (χ0n) is 24.4. The molecule has 4 nitrogen and oxygen atoms in total. The fraction of sp³-hybridized carbons (Fsp3) is 0.0500. The van der Waals surface area contributed by atoms with Gasteiger partial charge < -0.3 is 9.64 Å². The Labute approximate surface area is 272 Å². The highest BCUT2D eigenvalue weighted by Gasteiger charge is 2.23. The summed E-state index contributed by atoms with van der Waals surface area (Å²) in [4.78, 5) is 2.27. The van der Waals surface area contributed by atoms with Crippen molar-refractivity contribution in [2.45, 2.75) is 12.8 Å². The minimum Gasteiger partial charge on any atom is -0.457 e. The highest BCUT2D eigenvalue weighted by molar-refractivity contribution is 9.10. The molecule has 0 aromatic heterocycles. The quantitative estimate of drug-likeness (QED) is 0.178. The molecule has 0 saturated heterocycles. The van der Waals surface area contributed by atoms with Gasteiger partial charge in [-0.15, -0.1) is 0 Å². The fourth-order valence-electron chi connectivity index (χ4n) is 5.40. The van der Waals surface area contributed by atoms with Gasteiger partial charge in [0.2, 0.25) is 0 Å². The maximum absolute atomic E-state index is 8.99. The Morgan fingerprint density at radius 3 is 1.38 bits per heavy atom. The van der Waals surface area contributed by atoms with E-state index in [1.165, 1.54) is 33.6 Å². The van der Waals surface area contributed by atoms with Crippen molar-refractivity contribution in [1.82, 2.24) is 0 Å². The minimum atomic E-state index is 0.683. The predicted molar refractivity (Wildman–Crippen MR) is 183 cm³/mol. The van der Waals surface area contributed by atoms with Gasteiger partial charge in [-0.25, -0.2) is 0 Å². The van der Waals surface area contributed by atoms with E-state index in [1.54, 1.807) is 12.1 Å². The van der Waals surface area contributed by atoms with Crippen LogP contribution in [-0.4, -0.2) is 0 Å². The van der Waals surface area contributed by atoms with Gasteiger partial charge in [-0.3, -0.25) is 0 Å². The molecule has 2 heterocycles. The van der Waals surface area contributed by atoms with E-state index >= 15 is 0 Å². The molecule has 0 unspecified atom stereocenters. The largest absolute Gasteiger partial charge is 0.457 e. The number of rotatable bonds is 1. The van der Waals surface area contributed by atoms with E-state index < -0.39 is 0 Å². The summed E-state index contributed by atoms with van der Waals surface area (Å²) in [5.74, 6) is 1.98. The lowest BCUT2D eigenvalue weighted by molar-refractivity contribution is 0.460. The molecule has 2 aliphatic rings. The molecule has 0 radical (unpaired) electrons. The van der Waals surface area contributed by atoms with E-state index in [2.05, 4.69) is 99.7 Å². The average molecular weight is 647 g/mol. The van der Waals surface area contributed by atoms with E-state index in [4.69, 9.17) is 15.3 Å². The van der Waals surface area contributed by atoms with Crippen LogP contribution in [0.2, 0.25) is 0 Å². The van der Waals surface area contributed by atoms with Gasteiger partial charge >= 0.3 is 0 Å². The van der Waals surface area contributed by atoms with Crippen molar-refractivity contribution in [2.24, 2.45) is 0 Å². The van der Waals surface area contributed by atoms with Crippen LogP contribution >= 0.6 is 15.9 Å². The standard InChI is InChI=1S/C20H14N2.C13H10O.C7H4BrN/c21-14-15-9-11-18(12-10-15)22-19-7-3-1-5-16(19)13-17-6-2-4-8-20(17)22;1-3-7-12-10(5-1)9-11-6-2-4-8-13(11)14-12;8-7-3-1-6(5-9)2-4-7/h1-12H,13H2;1-8H,9H2;1-4H. The van der Waals surface area contributed by atoms with Crippen LogP contribution in [0.4, 0.5) is 17.1 Å². The lowest BCUT2D eigenvalue weighted by atomic mass is 9.95. The van der Waals surface area contributed by atoms with E-state index in [1.807, 2.05) is 66.7 Å². The van der Waals surface area contributed by atoms with Gasteiger partial charge in [-0.2, -0.15) is 10.5 Å². The van der Waals surface area contributed by atoms with Crippen LogP contribution in [-0.2, 0) is 12.8 Å². The van der Waals surface area contributed by atoms with Crippen molar-refractivity contribution >= 4 is 33.0 Å². The molecule has 45 heavy (non-hydrogen) atoms. The Bertz CT molecular complexity index is 1890. The molecule has 0 amide bonds. The Morgan fingerprint density at radius 1 is 0.489 bits per heavy atom. The molecule has 6 aromatic carbocycles. The maximum Gasteiger partial charge on any atom is 0.130 e. The summed E-state index contributed by atoms with van der Waals surface area (Å²) < 4.78 is 6.78. The Hall–Kier alpha value is -5.62. The summed E-state index contributed by atoms with van der Waals surface area (Å²) in [7, 11) is 0. The number of nitrogens with zero attached hydrogens (tertiary/aromatic N) is 3. The average Bonchev–Trinajstić information content (AvgIpc) is 3.10. The van der Waals surface area contributed by atoms with Crippen molar-refractivity contribution in [3.63, 3.8) is 0 Å². The van der Waals surface area contributed by atoms with Crippen molar-refractivity contribution in [3.05, 3.63) is 183 Å². The van der Waals surface area contributed by atoms with E-state index in [-0.39, 0.29) is 0 Å². The van der Waals surface area contributed by atoms with E-state index in [0.29, 0.717) is 11.1 Å². The maximum atomic E-state index is 8.99. The zero-order chi connectivity index (χ0) is 31.0. The summed E-state index contributed by atoms with van der Waals surface area (Å²) in [6.07, 6.45) is 1.94. The second-order valence-electron chi connectivity index (χ2n) is 10.5. The Balaban J connectivity index is 0.000000132. The molecule has 8 rings (SSSR count). The number of nitriles is 2. The van der Waals surface area contributed by atoms with Crippen LogP contribution in [0.5, 0.6) is 11.5 Å². The number of benzene rings is 6. The summed E-state index contributed by atoms with van der Waals surface area (Å²) in [5, 5.41) is 17.4. The van der Waals surface area contributed by atoms with E-state index in [9.17, 15) is 0 Å². The molecule has 0 bridgehead atoms. The molecule has 0 aliphatic carbocycles. The molecule has 0 atom stereocenters. The van der Waals surface area contributed by atoms with Crippen molar-refractivity contribution in [3.8, 4) is 23.6 Å². The monoisotopic (exact) mass is 645 g/mol. The highest BCUT2D eigenvalue weighted by atomic mass is 79.9. The molecular formula is C40H28BrN3O. The van der Waals surface area contributed by atoms with Gasteiger partial charge in [0.05, 0.1) is 23.3 Å². The number of ether oxygens (including phenoxy) is 1. The summed E-state index contributed by atoms with van der Waals surface area (Å²) >= 11 is 3.27. The smallest absolute Gasteiger partial charge is 0.130 e. The SMILES string of the molecule is N#Cc1ccc(Br)cc1.N#Cc1ccc(N2c3ccccc3Cc3ccccc32)cc1.c1ccc2c(c1)Cc1ccccc1O2. The van der Waals surface area contributed by atoms with Crippen molar-refractivity contribution in [2.75, 3.05) is 4.90 Å². The Morgan fingerprint density at radius 2 is 0.889 bits per heavy atom. The van der Waals surface area contributed by atoms with Crippen LogP contribution < -0.4 is 9.64 Å². The topological polar surface area (TPSA) is 60.0 Å². The van der Waals surface area contributed by atoms with Gasteiger partial charge in [-0.05, 0) is 95.1 Å². The number of fused-ring (bicyclic) bond motifs is 4. The molecule has 6 aromatic rings. The molecule has 5 heteroatoms. The summed E-state index contributed by atoms with van der Waals surface area (Å²) in [5.41, 5.74) is 10.1. The zero-order valence-corrected chi connectivity index (χ0v) is 26.0. The third-order valence-corrected chi connectivity index (χ3v) is 8.15. The van der Waals surface area contributed by atoms with Gasteiger partial charge in [-0.1, -0.05) is 88.7 Å². The molecule has 2 aliphatic heterocycles. The van der Waals surface area contributed by atoms with Gasteiger partial charge in [0.15, 0.2) is 0 Å². The van der Waals surface area contributed by atoms with Crippen LogP contribution in [0.1, 0.15) is 33.4 Å². The molecule has 0 saturated carbocycles. The molecule has 216 valence electrons. The first-order chi connectivity index (χ1) is 22.1. The van der Waals surface area contributed by atoms with E-state index in [0.717, 1.165) is 34.5 Å². The number of para-hydroxylation sites is 4. The van der Waals surface area contributed by atoms with Crippen LogP contribution in [0.3, 0.4) is 0 Å². The second kappa shape index (κ2) is 13.8. The summed E-state index contributed by atoms with van der Waals surface area (Å²) in [6.45, 7) is 0. The lowest BCUT2D eigenvalue weighted by Gasteiger charge is -2.33. The number of hydrogen-bond acceptors (Lipinski definition) is 4. The summed E-state index contributed by atoms with van der Waals surface area (Å²) in [6, 6.07) is 52.6. The number of anilines is 3. The molecular weight excluding hydrogens is 618 g/mol. The number of hydrogen-bond donors (Lipinski definition) is 0. The molecule has 0 spiro atoms. The van der Waals surface area contributed by atoms with Gasteiger partial charge in [0.1, 0.15) is 11.5 Å². The molecule has 0 fully saturated rings. The van der Waals surface area contributed by atoms with Crippen molar-refractivity contribution < 1.29 is 4.74 Å². The first-order valence-electron chi connectivity index (χ1n) is 14.6. The highest BCUT2D eigenvalue weighted by Crippen LogP contribution is 2.43. The van der Waals surface area contributed by atoms with Crippen molar-refractivity contribution in [1.29, 1.82) is 10.5 Å². The minimum absolute atomic E-state index is 0.683. The van der Waals surface area contributed by atoms with Gasteiger partial charge in [0, 0.05) is 34.4 Å². The van der Waals surface area contributed by atoms with Crippen LogP contribution in [0, 0.1) is 22.7 Å².